The van der Waals surface area contributed by atoms with E-state index < -0.39 is 0 Å². The summed E-state index contributed by atoms with van der Waals surface area (Å²) in [6.45, 7) is 8.05. The molecule has 1 amide bonds. The number of nitrogens with two attached hydrogens (primary N) is 1. The van der Waals surface area contributed by atoms with Crippen molar-refractivity contribution in [2.24, 2.45) is 11.1 Å². The third-order valence-corrected chi connectivity index (χ3v) is 3.64. The molecule has 0 atom stereocenters. The van der Waals surface area contributed by atoms with E-state index in [1.165, 1.54) is 0 Å². The Morgan fingerprint density at radius 3 is 2.50 bits per heavy atom. The average Bonchev–Trinajstić information content (AvgIpc) is 2.36. The van der Waals surface area contributed by atoms with Crippen molar-refractivity contribution in [1.29, 1.82) is 0 Å². The van der Waals surface area contributed by atoms with Crippen molar-refractivity contribution in [3.63, 3.8) is 0 Å². The van der Waals surface area contributed by atoms with E-state index in [9.17, 15) is 4.79 Å². The maximum Gasteiger partial charge on any atom is 0.255 e. The number of benzene rings is 1. The predicted octanol–water partition coefficient (Wildman–Crippen LogP) is 2.90. The van der Waals surface area contributed by atoms with Crippen molar-refractivity contribution in [3.8, 4) is 0 Å². The van der Waals surface area contributed by atoms with Crippen LogP contribution in [0, 0.1) is 5.41 Å². The van der Waals surface area contributed by atoms with E-state index in [0.717, 1.165) is 4.47 Å². The minimum absolute atomic E-state index is 0.0477. The zero-order chi connectivity index (χ0) is 13.8. The van der Waals surface area contributed by atoms with Crippen molar-refractivity contribution in [1.82, 2.24) is 4.90 Å². The van der Waals surface area contributed by atoms with Gasteiger partial charge < -0.3 is 10.6 Å². The van der Waals surface area contributed by atoms with Crippen molar-refractivity contribution in [2.45, 2.75) is 20.8 Å². The van der Waals surface area contributed by atoms with Crippen LogP contribution in [-0.2, 0) is 0 Å². The number of carbonyl (C=O) groups is 1. The van der Waals surface area contributed by atoms with Gasteiger partial charge in [-0.2, -0.15) is 0 Å². The fourth-order valence-corrected chi connectivity index (χ4v) is 2.17. The zero-order valence-electron chi connectivity index (χ0n) is 11.2. The zero-order valence-corrected chi connectivity index (χ0v) is 12.8. The number of nitrogens with zero attached hydrogens (tertiary/aromatic N) is 1. The standard InChI is InChI=1S/C14H21BrN2O/c1-4-17(10-14(2,3)9-16)13(18)11-7-5-6-8-12(11)15/h5-8H,4,9-10,16H2,1-3H3. The number of halogens is 1. The quantitative estimate of drug-likeness (QED) is 0.908. The van der Waals surface area contributed by atoms with E-state index in [1.54, 1.807) is 0 Å². The van der Waals surface area contributed by atoms with Gasteiger partial charge in [-0.05, 0) is 46.9 Å². The van der Waals surface area contributed by atoms with Crippen LogP contribution in [0.2, 0.25) is 0 Å². The Kier molecular flexibility index (Phi) is 5.35. The van der Waals surface area contributed by atoms with Gasteiger partial charge in [0.2, 0.25) is 0 Å². The van der Waals surface area contributed by atoms with Gasteiger partial charge in [-0.15, -0.1) is 0 Å². The highest BCUT2D eigenvalue weighted by molar-refractivity contribution is 9.10. The third kappa shape index (κ3) is 3.82. The predicted molar refractivity (Wildman–Crippen MR) is 78.6 cm³/mol. The molecular weight excluding hydrogens is 292 g/mol. The lowest BCUT2D eigenvalue weighted by atomic mass is 9.93. The Morgan fingerprint density at radius 1 is 1.39 bits per heavy atom. The molecule has 0 saturated carbocycles. The molecule has 4 heteroatoms. The van der Waals surface area contributed by atoms with Gasteiger partial charge in [-0.3, -0.25) is 4.79 Å². The smallest absolute Gasteiger partial charge is 0.255 e. The van der Waals surface area contributed by atoms with Crippen LogP contribution in [0.15, 0.2) is 28.7 Å². The lowest BCUT2D eigenvalue weighted by Gasteiger charge is -2.31. The van der Waals surface area contributed by atoms with E-state index in [1.807, 2.05) is 36.1 Å². The topological polar surface area (TPSA) is 46.3 Å². The van der Waals surface area contributed by atoms with Crippen LogP contribution in [0.1, 0.15) is 31.1 Å². The fraction of sp³-hybridized carbons (Fsp3) is 0.500. The molecule has 0 spiro atoms. The summed E-state index contributed by atoms with van der Waals surface area (Å²) >= 11 is 3.42. The second-order valence-electron chi connectivity index (χ2n) is 5.17. The average molecular weight is 313 g/mol. The molecular formula is C14H21BrN2O. The van der Waals surface area contributed by atoms with Crippen molar-refractivity contribution in [3.05, 3.63) is 34.3 Å². The first kappa shape index (κ1) is 15.2. The van der Waals surface area contributed by atoms with Gasteiger partial charge in [0.1, 0.15) is 0 Å². The highest BCUT2D eigenvalue weighted by atomic mass is 79.9. The molecule has 100 valence electrons. The molecule has 1 rings (SSSR count). The fourth-order valence-electron chi connectivity index (χ4n) is 1.71. The van der Waals surface area contributed by atoms with Crippen LogP contribution >= 0.6 is 15.9 Å². The summed E-state index contributed by atoms with van der Waals surface area (Å²) in [6, 6.07) is 7.50. The van der Waals surface area contributed by atoms with Crippen LogP contribution in [0.4, 0.5) is 0 Å². The molecule has 2 N–H and O–H groups in total. The van der Waals surface area contributed by atoms with Crippen LogP contribution in [0.3, 0.4) is 0 Å². The van der Waals surface area contributed by atoms with E-state index in [-0.39, 0.29) is 11.3 Å². The Hall–Kier alpha value is -0.870. The highest BCUT2D eigenvalue weighted by Gasteiger charge is 2.24. The molecule has 3 nitrogen and oxygen atoms in total. The van der Waals surface area contributed by atoms with Crippen molar-refractivity contribution < 1.29 is 4.79 Å². The first-order chi connectivity index (χ1) is 8.41. The van der Waals surface area contributed by atoms with Crippen LogP contribution in [-0.4, -0.2) is 30.4 Å². The molecule has 0 fully saturated rings. The number of hydrogen-bond acceptors (Lipinski definition) is 2. The second kappa shape index (κ2) is 6.34. The first-order valence-corrected chi connectivity index (χ1v) is 6.94. The monoisotopic (exact) mass is 312 g/mol. The lowest BCUT2D eigenvalue weighted by molar-refractivity contribution is 0.0700. The number of carbonyl (C=O) groups excluding carboxylic acids is 1. The number of hydrogen-bond donors (Lipinski definition) is 1. The Balaban J connectivity index is 2.90. The number of rotatable bonds is 5. The van der Waals surface area contributed by atoms with E-state index in [4.69, 9.17) is 5.73 Å². The number of amides is 1. The highest BCUT2D eigenvalue weighted by Crippen LogP contribution is 2.21. The molecule has 0 saturated heterocycles. The molecule has 1 aromatic carbocycles. The molecule has 0 aliphatic carbocycles. The summed E-state index contributed by atoms with van der Waals surface area (Å²) in [5, 5.41) is 0. The second-order valence-corrected chi connectivity index (χ2v) is 6.02. The van der Waals surface area contributed by atoms with E-state index in [2.05, 4.69) is 29.8 Å². The summed E-state index contributed by atoms with van der Waals surface area (Å²) in [4.78, 5) is 14.3. The summed E-state index contributed by atoms with van der Waals surface area (Å²) in [5.41, 5.74) is 6.37. The molecule has 0 aliphatic heterocycles. The van der Waals surface area contributed by atoms with E-state index >= 15 is 0 Å². The van der Waals surface area contributed by atoms with Crippen molar-refractivity contribution in [2.75, 3.05) is 19.6 Å². The molecule has 18 heavy (non-hydrogen) atoms. The Morgan fingerprint density at radius 2 is 2.00 bits per heavy atom. The van der Waals surface area contributed by atoms with Gasteiger partial charge in [0.05, 0.1) is 5.56 Å². The third-order valence-electron chi connectivity index (χ3n) is 2.94. The van der Waals surface area contributed by atoms with Crippen LogP contribution < -0.4 is 5.73 Å². The van der Waals surface area contributed by atoms with Crippen molar-refractivity contribution >= 4 is 21.8 Å². The Labute approximate surface area is 117 Å². The largest absolute Gasteiger partial charge is 0.338 e. The molecule has 0 bridgehead atoms. The van der Waals surface area contributed by atoms with E-state index in [0.29, 0.717) is 25.2 Å². The molecule has 0 aromatic heterocycles. The molecule has 0 aliphatic rings. The Bertz CT molecular complexity index is 418. The first-order valence-electron chi connectivity index (χ1n) is 6.15. The van der Waals surface area contributed by atoms with Gasteiger partial charge >= 0.3 is 0 Å². The minimum atomic E-state index is -0.0626. The lowest BCUT2D eigenvalue weighted by Crippen LogP contribution is -2.42. The van der Waals surface area contributed by atoms with Gasteiger partial charge in [0.15, 0.2) is 0 Å². The van der Waals surface area contributed by atoms with Gasteiger partial charge in [0, 0.05) is 17.6 Å². The van der Waals surface area contributed by atoms with Crippen LogP contribution in [0.5, 0.6) is 0 Å². The maximum absolute atomic E-state index is 12.4. The van der Waals surface area contributed by atoms with Gasteiger partial charge in [0.25, 0.3) is 5.91 Å². The van der Waals surface area contributed by atoms with Gasteiger partial charge in [-0.25, -0.2) is 0 Å². The van der Waals surface area contributed by atoms with Crippen LogP contribution in [0.25, 0.3) is 0 Å². The minimum Gasteiger partial charge on any atom is -0.338 e. The summed E-state index contributed by atoms with van der Waals surface area (Å²) in [6.07, 6.45) is 0. The summed E-state index contributed by atoms with van der Waals surface area (Å²) in [7, 11) is 0. The molecule has 0 heterocycles. The van der Waals surface area contributed by atoms with Gasteiger partial charge in [-0.1, -0.05) is 26.0 Å². The normalized spacial score (nSPS) is 11.4. The molecule has 0 unspecified atom stereocenters. The summed E-state index contributed by atoms with van der Waals surface area (Å²) in [5.74, 6) is 0.0477. The molecule has 1 aromatic rings. The summed E-state index contributed by atoms with van der Waals surface area (Å²) < 4.78 is 0.832. The maximum atomic E-state index is 12.4. The molecule has 0 radical (unpaired) electrons. The SMILES string of the molecule is CCN(CC(C)(C)CN)C(=O)c1ccccc1Br.